The fourth-order valence-electron chi connectivity index (χ4n) is 2.95. The number of nitrogen functional groups attached to an aromatic ring is 1. The highest BCUT2D eigenvalue weighted by molar-refractivity contribution is 5.99. The lowest BCUT2D eigenvalue weighted by molar-refractivity contribution is 0.100. The van der Waals surface area contributed by atoms with Gasteiger partial charge < -0.3 is 16.4 Å². The number of hydrogen-bond acceptors (Lipinski definition) is 3. The Morgan fingerprint density at radius 3 is 2.89 bits per heavy atom. The van der Waals surface area contributed by atoms with E-state index in [1.807, 2.05) is 12.1 Å². The average Bonchev–Trinajstić information content (AvgIpc) is 2.40. The lowest BCUT2D eigenvalue weighted by Gasteiger charge is -2.38. The summed E-state index contributed by atoms with van der Waals surface area (Å²) in [7, 11) is 0. The third-order valence-electron chi connectivity index (χ3n) is 3.84. The molecule has 1 aromatic carbocycles. The van der Waals surface area contributed by atoms with E-state index >= 15 is 0 Å². The first-order chi connectivity index (χ1) is 9.13. The van der Waals surface area contributed by atoms with Gasteiger partial charge in [0.25, 0.3) is 5.91 Å². The number of hydrogen-bond donors (Lipinski definition) is 2. The van der Waals surface area contributed by atoms with Gasteiger partial charge in [0.1, 0.15) is 0 Å². The van der Waals surface area contributed by atoms with E-state index in [1.165, 1.54) is 19.3 Å². The zero-order valence-corrected chi connectivity index (χ0v) is 11.6. The summed E-state index contributed by atoms with van der Waals surface area (Å²) >= 11 is 0. The molecule has 4 heteroatoms. The van der Waals surface area contributed by atoms with Gasteiger partial charge in [-0.1, -0.05) is 13.3 Å². The van der Waals surface area contributed by atoms with E-state index < -0.39 is 5.91 Å². The van der Waals surface area contributed by atoms with Gasteiger partial charge in [-0.05, 0) is 43.9 Å². The first-order valence-electron chi connectivity index (χ1n) is 7.09. The summed E-state index contributed by atoms with van der Waals surface area (Å²) in [6.07, 6.45) is 5.94. The van der Waals surface area contributed by atoms with Crippen LogP contribution in [0, 0.1) is 0 Å². The Bertz CT molecular complexity index is 457. The SMILES string of the molecule is CCCC1CCCCN1c1ccc(N)cc1C(N)=O. The first-order valence-corrected chi connectivity index (χ1v) is 7.09. The van der Waals surface area contributed by atoms with Gasteiger partial charge in [-0.2, -0.15) is 0 Å². The Kier molecular flexibility index (Phi) is 4.30. The molecule has 19 heavy (non-hydrogen) atoms. The molecule has 1 saturated heterocycles. The number of piperidine rings is 1. The largest absolute Gasteiger partial charge is 0.399 e. The van der Waals surface area contributed by atoms with E-state index in [0.717, 1.165) is 25.1 Å². The molecule has 1 fully saturated rings. The Morgan fingerprint density at radius 2 is 2.21 bits per heavy atom. The van der Waals surface area contributed by atoms with Crippen molar-refractivity contribution in [2.45, 2.75) is 45.1 Å². The van der Waals surface area contributed by atoms with Crippen LogP contribution in [0.25, 0.3) is 0 Å². The normalized spacial score (nSPS) is 19.4. The molecule has 4 nitrogen and oxygen atoms in total. The van der Waals surface area contributed by atoms with Crippen molar-refractivity contribution in [2.24, 2.45) is 5.73 Å². The topological polar surface area (TPSA) is 72.3 Å². The van der Waals surface area contributed by atoms with Crippen LogP contribution in [0.2, 0.25) is 0 Å². The highest BCUT2D eigenvalue weighted by Gasteiger charge is 2.24. The number of nitrogens with zero attached hydrogens (tertiary/aromatic N) is 1. The van der Waals surface area contributed by atoms with Gasteiger partial charge >= 0.3 is 0 Å². The molecule has 1 aliphatic rings. The quantitative estimate of drug-likeness (QED) is 0.818. The molecule has 0 radical (unpaired) electrons. The molecule has 4 N–H and O–H groups in total. The molecule has 2 rings (SSSR count). The minimum Gasteiger partial charge on any atom is -0.399 e. The highest BCUT2D eigenvalue weighted by atomic mass is 16.1. The van der Waals surface area contributed by atoms with Crippen molar-refractivity contribution in [3.8, 4) is 0 Å². The molecule has 1 atom stereocenters. The molecule has 0 aliphatic carbocycles. The predicted molar refractivity (Wildman–Crippen MR) is 79.3 cm³/mol. The summed E-state index contributed by atoms with van der Waals surface area (Å²) in [6.45, 7) is 3.19. The minimum absolute atomic E-state index is 0.400. The Labute approximate surface area is 114 Å². The predicted octanol–water partition coefficient (Wildman–Crippen LogP) is 2.53. The van der Waals surface area contributed by atoms with Crippen LogP contribution in [-0.2, 0) is 0 Å². The number of primary amides is 1. The van der Waals surface area contributed by atoms with E-state index in [1.54, 1.807) is 6.07 Å². The van der Waals surface area contributed by atoms with Crippen molar-refractivity contribution in [1.82, 2.24) is 0 Å². The molecule has 1 heterocycles. The average molecular weight is 261 g/mol. The first kappa shape index (κ1) is 13.7. The monoisotopic (exact) mass is 261 g/mol. The van der Waals surface area contributed by atoms with Crippen molar-refractivity contribution in [3.05, 3.63) is 23.8 Å². The maximum Gasteiger partial charge on any atom is 0.250 e. The second kappa shape index (κ2) is 5.95. The second-order valence-corrected chi connectivity index (χ2v) is 5.27. The minimum atomic E-state index is -0.400. The number of rotatable bonds is 4. The molecular formula is C15H23N3O. The molecule has 1 amide bonds. The number of nitrogens with two attached hydrogens (primary N) is 2. The molecule has 104 valence electrons. The molecule has 1 unspecified atom stereocenters. The maximum absolute atomic E-state index is 11.6. The van der Waals surface area contributed by atoms with E-state index in [2.05, 4.69) is 11.8 Å². The van der Waals surface area contributed by atoms with Crippen LogP contribution in [0.4, 0.5) is 11.4 Å². The van der Waals surface area contributed by atoms with E-state index in [4.69, 9.17) is 11.5 Å². The van der Waals surface area contributed by atoms with Crippen LogP contribution in [-0.4, -0.2) is 18.5 Å². The Balaban J connectivity index is 2.35. The molecule has 0 aromatic heterocycles. The number of carbonyl (C=O) groups excluding carboxylic acids is 1. The van der Waals surface area contributed by atoms with Crippen LogP contribution in [0.15, 0.2) is 18.2 Å². The third kappa shape index (κ3) is 3.00. The van der Waals surface area contributed by atoms with Crippen molar-refractivity contribution in [2.75, 3.05) is 17.2 Å². The zero-order valence-electron chi connectivity index (χ0n) is 11.6. The molecule has 0 saturated carbocycles. The molecule has 1 aliphatic heterocycles. The second-order valence-electron chi connectivity index (χ2n) is 5.27. The Morgan fingerprint density at radius 1 is 1.42 bits per heavy atom. The van der Waals surface area contributed by atoms with Crippen molar-refractivity contribution < 1.29 is 4.79 Å². The highest BCUT2D eigenvalue weighted by Crippen LogP contribution is 2.30. The summed E-state index contributed by atoms with van der Waals surface area (Å²) in [4.78, 5) is 14.0. The molecular weight excluding hydrogens is 238 g/mol. The summed E-state index contributed by atoms with van der Waals surface area (Å²) in [5.74, 6) is -0.400. The number of carbonyl (C=O) groups is 1. The van der Waals surface area contributed by atoms with Gasteiger partial charge in [0.15, 0.2) is 0 Å². The van der Waals surface area contributed by atoms with Gasteiger partial charge in [0.05, 0.1) is 5.56 Å². The van der Waals surface area contributed by atoms with Gasteiger partial charge in [-0.25, -0.2) is 0 Å². The van der Waals surface area contributed by atoms with Crippen LogP contribution in [0.3, 0.4) is 0 Å². The number of anilines is 2. The fraction of sp³-hybridized carbons (Fsp3) is 0.533. The zero-order chi connectivity index (χ0) is 13.8. The standard InChI is InChI=1S/C15H23N3O/c1-2-5-12-6-3-4-9-18(12)14-8-7-11(16)10-13(14)15(17)19/h7-8,10,12H,2-6,9,16H2,1H3,(H2,17,19). The smallest absolute Gasteiger partial charge is 0.250 e. The summed E-state index contributed by atoms with van der Waals surface area (Å²) < 4.78 is 0. The van der Waals surface area contributed by atoms with E-state index in [-0.39, 0.29) is 0 Å². The maximum atomic E-state index is 11.6. The van der Waals surface area contributed by atoms with Crippen LogP contribution < -0.4 is 16.4 Å². The number of benzene rings is 1. The van der Waals surface area contributed by atoms with Gasteiger partial charge in [0.2, 0.25) is 0 Å². The van der Waals surface area contributed by atoms with E-state index in [9.17, 15) is 4.79 Å². The molecule has 1 aromatic rings. The fourth-order valence-corrected chi connectivity index (χ4v) is 2.95. The van der Waals surface area contributed by atoms with Crippen LogP contribution >= 0.6 is 0 Å². The van der Waals surface area contributed by atoms with Crippen LogP contribution in [0.5, 0.6) is 0 Å². The van der Waals surface area contributed by atoms with Gasteiger partial charge in [-0.15, -0.1) is 0 Å². The Hall–Kier alpha value is -1.71. The van der Waals surface area contributed by atoms with Gasteiger partial charge in [0, 0.05) is 24.0 Å². The van der Waals surface area contributed by atoms with Crippen molar-refractivity contribution in [3.63, 3.8) is 0 Å². The lowest BCUT2D eigenvalue weighted by atomic mass is 9.96. The number of amides is 1. The van der Waals surface area contributed by atoms with Gasteiger partial charge in [-0.3, -0.25) is 4.79 Å². The summed E-state index contributed by atoms with van der Waals surface area (Å²) in [5, 5.41) is 0. The van der Waals surface area contributed by atoms with Crippen LogP contribution in [0.1, 0.15) is 49.4 Å². The summed E-state index contributed by atoms with van der Waals surface area (Å²) in [5.41, 5.74) is 13.3. The molecule has 0 spiro atoms. The third-order valence-corrected chi connectivity index (χ3v) is 3.84. The van der Waals surface area contributed by atoms with Crippen molar-refractivity contribution >= 4 is 17.3 Å². The van der Waals surface area contributed by atoms with Crippen molar-refractivity contribution in [1.29, 1.82) is 0 Å². The van der Waals surface area contributed by atoms with E-state index in [0.29, 0.717) is 17.3 Å². The molecule has 0 bridgehead atoms. The lowest BCUT2D eigenvalue weighted by Crippen LogP contribution is -2.40. The summed E-state index contributed by atoms with van der Waals surface area (Å²) in [6, 6.07) is 5.98.